The van der Waals surface area contributed by atoms with Gasteiger partial charge in [-0.1, -0.05) is 41.6 Å². The topological polar surface area (TPSA) is 81.1 Å². The van der Waals surface area contributed by atoms with Gasteiger partial charge in [-0.25, -0.2) is 13.6 Å². The predicted octanol–water partition coefficient (Wildman–Crippen LogP) is 6.13. The summed E-state index contributed by atoms with van der Waals surface area (Å²) < 4.78 is 33.7. The number of methoxy groups -OCH3 is 1. The van der Waals surface area contributed by atoms with Crippen molar-refractivity contribution in [1.82, 2.24) is 20.1 Å². The molecule has 36 heavy (non-hydrogen) atoms. The predicted molar refractivity (Wildman–Crippen MR) is 136 cm³/mol. The van der Waals surface area contributed by atoms with Gasteiger partial charge in [0.1, 0.15) is 5.75 Å². The summed E-state index contributed by atoms with van der Waals surface area (Å²) in [6, 6.07) is 15.7. The Morgan fingerprint density at radius 1 is 1.08 bits per heavy atom. The van der Waals surface area contributed by atoms with Crippen molar-refractivity contribution in [2.75, 3.05) is 12.4 Å². The highest BCUT2D eigenvalue weighted by molar-refractivity contribution is 7.98. The lowest BCUT2D eigenvalue weighted by molar-refractivity contribution is 0.251. The lowest BCUT2D eigenvalue weighted by atomic mass is 10.2. The zero-order valence-corrected chi connectivity index (χ0v) is 21.0. The van der Waals surface area contributed by atoms with Gasteiger partial charge in [0.05, 0.1) is 19.3 Å². The summed E-state index contributed by atoms with van der Waals surface area (Å²) in [4.78, 5) is 12.4. The number of nitrogens with zero attached hydrogens (tertiary/aromatic N) is 3. The number of benzene rings is 3. The third-order valence-corrected chi connectivity index (χ3v) is 6.43. The van der Waals surface area contributed by atoms with Gasteiger partial charge in [-0.05, 0) is 54.4 Å². The number of hydrogen-bond donors (Lipinski definition) is 2. The van der Waals surface area contributed by atoms with Crippen LogP contribution >= 0.6 is 23.4 Å². The second-order valence-electron chi connectivity index (χ2n) is 7.74. The maximum absolute atomic E-state index is 13.4. The van der Waals surface area contributed by atoms with Crippen LogP contribution < -0.4 is 15.4 Å². The second kappa shape index (κ2) is 11.4. The van der Waals surface area contributed by atoms with Crippen LogP contribution in [0.4, 0.5) is 19.3 Å². The molecule has 0 saturated heterocycles. The monoisotopic (exact) mass is 529 g/mol. The fourth-order valence-electron chi connectivity index (χ4n) is 3.39. The number of urea groups is 1. The summed E-state index contributed by atoms with van der Waals surface area (Å²) in [6.45, 7) is 1.96. The summed E-state index contributed by atoms with van der Waals surface area (Å²) in [5.74, 6) is -0.211. The van der Waals surface area contributed by atoms with Crippen molar-refractivity contribution in [3.63, 3.8) is 0 Å². The zero-order valence-electron chi connectivity index (χ0n) is 19.4. The van der Waals surface area contributed by atoms with Crippen LogP contribution in [0.1, 0.15) is 17.0 Å². The molecule has 4 rings (SSSR count). The Hall–Kier alpha value is -3.63. The van der Waals surface area contributed by atoms with Gasteiger partial charge in [-0.2, -0.15) is 0 Å². The highest BCUT2D eigenvalue weighted by atomic mass is 35.5. The number of aromatic nitrogens is 3. The van der Waals surface area contributed by atoms with Crippen molar-refractivity contribution in [1.29, 1.82) is 0 Å². The highest BCUT2D eigenvalue weighted by Crippen LogP contribution is 2.29. The van der Waals surface area contributed by atoms with E-state index in [0.29, 0.717) is 21.8 Å². The van der Waals surface area contributed by atoms with Crippen LogP contribution in [0.2, 0.25) is 5.02 Å². The molecule has 0 aliphatic rings. The van der Waals surface area contributed by atoms with Crippen molar-refractivity contribution >= 4 is 35.1 Å². The Morgan fingerprint density at radius 2 is 1.92 bits per heavy atom. The van der Waals surface area contributed by atoms with Gasteiger partial charge in [-0.3, -0.25) is 4.57 Å². The number of carbonyl (C=O) groups is 1. The van der Waals surface area contributed by atoms with Gasteiger partial charge >= 0.3 is 6.03 Å². The SMILES string of the molecule is COc1cccc(CSc2nnc(CNC(=O)Nc3ccc(F)c(F)c3)n2-c2cc(Cl)ccc2C)c1. The minimum Gasteiger partial charge on any atom is -0.497 e. The minimum absolute atomic E-state index is 0.0220. The summed E-state index contributed by atoms with van der Waals surface area (Å²) in [7, 11) is 1.62. The lowest BCUT2D eigenvalue weighted by Crippen LogP contribution is -2.29. The van der Waals surface area contributed by atoms with Crippen LogP contribution in [0.15, 0.2) is 65.8 Å². The van der Waals surface area contributed by atoms with Crippen molar-refractivity contribution in [3.8, 4) is 11.4 Å². The van der Waals surface area contributed by atoms with Crippen molar-refractivity contribution in [2.45, 2.75) is 24.4 Å². The van der Waals surface area contributed by atoms with E-state index in [1.807, 2.05) is 41.8 Å². The van der Waals surface area contributed by atoms with Crippen LogP contribution in [-0.2, 0) is 12.3 Å². The molecule has 4 aromatic rings. The number of anilines is 1. The molecule has 0 atom stereocenters. The molecule has 2 N–H and O–H groups in total. The number of rotatable bonds is 8. The molecule has 0 aliphatic carbocycles. The number of hydrogen-bond acceptors (Lipinski definition) is 5. The summed E-state index contributed by atoms with van der Waals surface area (Å²) in [6.07, 6.45) is 0. The molecule has 7 nitrogen and oxygen atoms in total. The molecular formula is C25H22ClF2N5O2S. The Balaban J connectivity index is 1.55. The second-order valence-corrected chi connectivity index (χ2v) is 9.12. The molecule has 11 heteroatoms. The van der Waals surface area contributed by atoms with Gasteiger partial charge < -0.3 is 15.4 Å². The van der Waals surface area contributed by atoms with Crippen LogP contribution in [0.3, 0.4) is 0 Å². The van der Waals surface area contributed by atoms with Gasteiger partial charge in [-0.15, -0.1) is 10.2 Å². The molecule has 1 aromatic heterocycles. The normalized spacial score (nSPS) is 10.8. The first kappa shape index (κ1) is 25.5. The number of thioether (sulfide) groups is 1. The maximum atomic E-state index is 13.4. The number of aryl methyl sites for hydroxylation is 1. The van der Waals surface area contributed by atoms with E-state index in [-0.39, 0.29) is 12.2 Å². The van der Waals surface area contributed by atoms with E-state index in [0.717, 1.165) is 34.7 Å². The van der Waals surface area contributed by atoms with Gasteiger partial charge in [0, 0.05) is 22.5 Å². The Morgan fingerprint density at radius 3 is 2.69 bits per heavy atom. The summed E-state index contributed by atoms with van der Waals surface area (Å²) in [5, 5.41) is 14.9. The third-order valence-electron chi connectivity index (χ3n) is 5.20. The average molecular weight is 530 g/mol. The van der Waals surface area contributed by atoms with Crippen molar-refractivity contribution < 1.29 is 18.3 Å². The Labute approximate surface area is 215 Å². The molecule has 0 bridgehead atoms. The third kappa shape index (κ3) is 6.13. The van der Waals surface area contributed by atoms with Crippen LogP contribution in [0.25, 0.3) is 5.69 Å². The van der Waals surface area contributed by atoms with E-state index in [2.05, 4.69) is 20.8 Å². The van der Waals surface area contributed by atoms with E-state index < -0.39 is 17.7 Å². The van der Waals surface area contributed by atoms with Gasteiger partial charge in [0.2, 0.25) is 0 Å². The summed E-state index contributed by atoms with van der Waals surface area (Å²) >= 11 is 7.75. The van der Waals surface area contributed by atoms with E-state index in [1.165, 1.54) is 17.8 Å². The average Bonchev–Trinajstić information content (AvgIpc) is 3.28. The van der Waals surface area contributed by atoms with E-state index in [4.69, 9.17) is 16.3 Å². The molecule has 0 fully saturated rings. The molecule has 186 valence electrons. The Bertz CT molecular complexity index is 1400. The fraction of sp³-hybridized carbons (Fsp3) is 0.160. The molecule has 0 unspecified atom stereocenters. The van der Waals surface area contributed by atoms with Gasteiger partial charge in [0.25, 0.3) is 0 Å². The van der Waals surface area contributed by atoms with Gasteiger partial charge in [0.15, 0.2) is 22.6 Å². The van der Waals surface area contributed by atoms with Crippen molar-refractivity contribution in [3.05, 3.63) is 94.3 Å². The first-order valence-corrected chi connectivity index (χ1v) is 12.2. The van der Waals surface area contributed by atoms with Crippen LogP contribution in [0.5, 0.6) is 5.75 Å². The minimum atomic E-state index is -1.05. The molecule has 0 saturated carbocycles. The lowest BCUT2D eigenvalue weighted by Gasteiger charge is -2.14. The molecule has 3 aromatic carbocycles. The molecule has 0 spiro atoms. The number of amides is 2. The molecular weight excluding hydrogens is 508 g/mol. The van der Waals surface area contributed by atoms with E-state index >= 15 is 0 Å². The maximum Gasteiger partial charge on any atom is 0.319 e. The fourth-order valence-corrected chi connectivity index (χ4v) is 4.47. The quantitative estimate of drug-likeness (QED) is 0.268. The van der Waals surface area contributed by atoms with Crippen LogP contribution in [-0.4, -0.2) is 27.9 Å². The number of nitrogens with one attached hydrogen (secondary N) is 2. The number of carbonyl (C=O) groups excluding carboxylic acids is 1. The van der Waals surface area contributed by atoms with Crippen molar-refractivity contribution in [2.24, 2.45) is 0 Å². The van der Waals surface area contributed by atoms with E-state index in [1.54, 1.807) is 19.2 Å². The Kier molecular flexibility index (Phi) is 8.07. The van der Waals surface area contributed by atoms with Crippen LogP contribution in [0, 0.1) is 18.6 Å². The first-order valence-electron chi connectivity index (χ1n) is 10.8. The smallest absolute Gasteiger partial charge is 0.319 e. The highest BCUT2D eigenvalue weighted by Gasteiger charge is 2.18. The zero-order chi connectivity index (χ0) is 25.7. The molecule has 1 heterocycles. The molecule has 2 amide bonds. The standard InChI is InChI=1S/C25H22ClF2N5O2S/c1-15-6-7-17(26)11-22(15)33-23(13-29-24(34)30-18-8-9-20(27)21(28)12-18)31-32-25(33)36-14-16-4-3-5-19(10-16)35-2/h3-12H,13-14H2,1-2H3,(H2,29,30,34). The van der Waals surface area contributed by atoms with E-state index in [9.17, 15) is 13.6 Å². The largest absolute Gasteiger partial charge is 0.497 e. The summed E-state index contributed by atoms with van der Waals surface area (Å²) in [5.41, 5.74) is 2.88. The number of halogens is 3. The molecule has 0 radical (unpaired) electrons. The first-order chi connectivity index (χ1) is 17.3. The molecule has 0 aliphatic heterocycles. The number of ether oxygens (including phenoxy) is 1.